The molecule has 0 saturated heterocycles. The van der Waals surface area contributed by atoms with Crippen molar-refractivity contribution in [1.29, 1.82) is 0 Å². The van der Waals surface area contributed by atoms with Gasteiger partial charge in [0.1, 0.15) is 5.75 Å². The molecule has 94 valence electrons. The van der Waals surface area contributed by atoms with Gasteiger partial charge in [0.2, 0.25) is 0 Å². The van der Waals surface area contributed by atoms with E-state index in [4.69, 9.17) is 9.84 Å². The summed E-state index contributed by atoms with van der Waals surface area (Å²) in [4.78, 5) is 11.0. The van der Waals surface area contributed by atoms with Gasteiger partial charge in [0.15, 0.2) is 0 Å². The number of fused-ring (bicyclic) bond motifs is 1. The monoisotopic (exact) mass is 308 g/mol. The van der Waals surface area contributed by atoms with Crippen LogP contribution in [0.5, 0.6) is 5.75 Å². The molecule has 0 saturated carbocycles. The molecular weight excluding hydrogens is 296 g/mol. The Labute approximate surface area is 114 Å². The Bertz CT molecular complexity index is 593. The summed E-state index contributed by atoms with van der Waals surface area (Å²) >= 11 is 3.41. The number of aliphatic carboxylic acids is 1. The first-order valence-corrected chi connectivity index (χ1v) is 6.47. The molecule has 1 N–H and O–H groups in total. The standard InChI is InChI=1S/C14H13BrO3/c1-2-18-13-6-3-9-7-10(15)4-5-11(9)12(13)8-14(16)17/h3-7H,2,8H2,1H3,(H,16,17). The van der Waals surface area contributed by atoms with Crippen LogP contribution in [0.4, 0.5) is 0 Å². The molecule has 0 amide bonds. The van der Waals surface area contributed by atoms with E-state index < -0.39 is 5.97 Å². The molecule has 0 aliphatic rings. The highest BCUT2D eigenvalue weighted by atomic mass is 79.9. The number of hydrogen-bond acceptors (Lipinski definition) is 2. The van der Waals surface area contributed by atoms with Gasteiger partial charge in [0, 0.05) is 10.0 Å². The average molecular weight is 309 g/mol. The first kappa shape index (κ1) is 12.9. The fraction of sp³-hybridized carbons (Fsp3) is 0.214. The van der Waals surface area contributed by atoms with Gasteiger partial charge in [-0.3, -0.25) is 4.79 Å². The maximum Gasteiger partial charge on any atom is 0.307 e. The van der Waals surface area contributed by atoms with Gasteiger partial charge in [-0.1, -0.05) is 28.1 Å². The van der Waals surface area contributed by atoms with E-state index in [1.54, 1.807) is 0 Å². The number of hydrogen-bond donors (Lipinski definition) is 1. The fourth-order valence-electron chi connectivity index (χ4n) is 1.97. The minimum atomic E-state index is -0.855. The summed E-state index contributed by atoms with van der Waals surface area (Å²) in [6.45, 7) is 2.41. The van der Waals surface area contributed by atoms with Crippen LogP contribution >= 0.6 is 15.9 Å². The molecule has 0 atom stereocenters. The van der Waals surface area contributed by atoms with Gasteiger partial charge in [0.05, 0.1) is 13.0 Å². The van der Waals surface area contributed by atoms with Crippen LogP contribution in [0.2, 0.25) is 0 Å². The van der Waals surface area contributed by atoms with Crippen LogP contribution in [0, 0.1) is 0 Å². The molecule has 0 aliphatic carbocycles. The number of carboxylic acid groups (broad SMARTS) is 1. The molecule has 0 radical (unpaired) electrons. The molecule has 0 spiro atoms. The van der Waals surface area contributed by atoms with E-state index in [-0.39, 0.29) is 6.42 Å². The lowest BCUT2D eigenvalue weighted by Crippen LogP contribution is -2.04. The molecule has 2 rings (SSSR count). The summed E-state index contributed by atoms with van der Waals surface area (Å²) in [6, 6.07) is 9.56. The van der Waals surface area contributed by atoms with Crippen molar-refractivity contribution in [1.82, 2.24) is 0 Å². The second-order valence-corrected chi connectivity index (χ2v) is 4.83. The van der Waals surface area contributed by atoms with Crippen molar-refractivity contribution >= 4 is 32.7 Å². The van der Waals surface area contributed by atoms with Crippen LogP contribution in [0.3, 0.4) is 0 Å². The SMILES string of the molecule is CCOc1ccc2cc(Br)ccc2c1CC(=O)O. The quantitative estimate of drug-likeness (QED) is 0.938. The van der Waals surface area contributed by atoms with Gasteiger partial charge >= 0.3 is 5.97 Å². The van der Waals surface area contributed by atoms with Crippen molar-refractivity contribution in [3.05, 3.63) is 40.4 Å². The van der Waals surface area contributed by atoms with Crippen molar-refractivity contribution in [3.8, 4) is 5.75 Å². The molecule has 0 aliphatic heterocycles. The lowest BCUT2D eigenvalue weighted by Gasteiger charge is -2.12. The number of carboxylic acids is 1. The molecule has 2 aromatic rings. The predicted octanol–water partition coefficient (Wildman–Crippen LogP) is 3.63. The normalized spacial score (nSPS) is 10.6. The molecule has 0 aromatic heterocycles. The van der Waals surface area contributed by atoms with Crippen LogP contribution in [0.1, 0.15) is 12.5 Å². The Morgan fingerprint density at radius 2 is 2.11 bits per heavy atom. The second kappa shape index (κ2) is 5.40. The predicted molar refractivity (Wildman–Crippen MR) is 74.2 cm³/mol. The Kier molecular flexibility index (Phi) is 3.87. The lowest BCUT2D eigenvalue weighted by atomic mass is 10.0. The summed E-state index contributed by atoms with van der Waals surface area (Å²) < 4.78 is 6.47. The van der Waals surface area contributed by atoms with Crippen molar-refractivity contribution in [2.75, 3.05) is 6.61 Å². The molecule has 0 bridgehead atoms. The van der Waals surface area contributed by atoms with E-state index in [0.717, 1.165) is 20.8 Å². The Hall–Kier alpha value is -1.55. The summed E-state index contributed by atoms with van der Waals surface area (Å²) in [7, 11) is 0. The number of ether oxygens (including phenoxy) is 1. The van der Waals surface area contributed by atoms with Crippen LogP contribution in [-0.2, 0) is 11.2 Å². The molecule has 3 nitrogen and oxygen atoms in total. The van der Waals surface area contributed by atoms with Crippen LogP contribution in [0.15, 0.2) is 34.8 Å². The fourth-order valence-corrected chi connectivity index (χ4v) is 2.35. The van der Waals surface area contributed by atoms with Gasteiger partial charge in [-0.05, 0) is 35.9 Å². The first-order valence-electron chi connectivity index (χ1n) is 5.67. The van der Waals surface area contributed by atoms with E-state index in [9.17, 15) is 4.79 Å². The van der Waals surface area contributed by atoms with Gasteiger partial charge in [-0.15, -0.1) is 0 Å². The van der Waals surface area contributed by atoms with Gasteiger partial charge in [-0.2, -0.15) is 0 Å². The molecule has 2 aromatic carbocycles. The minimum Gasteiger partial charge on any atom is -0.494 e. The summed E-state index contributed by atoms with van der Waals surface area (Å²) in [5.74, 6) is -0.207. The van der Waals surface area contributed by atoms with Gasteiger partial charge in [-0.25, -0.2) is 0 Å². The summed E-state index contributed by atoms with van der Waals surface area (Å²) in [5.41, 5.74) is 0.731. The molecule has 18 heavy (non-hydrogen) atoms. The van der Waals surface area contributed by atoms with Crippen molar-refractivity contribution in [2.45, 2.75) is 13.3 Å². The third-order valence-electron chi connectivity index (χ3n) is 2.68. The third-order valence-corrected chi connectivity index (χ3v) is 3.17. The van der Waals surface area contributed by atoms with E-state index in [0.29, 0.717) is 12.4 Å². The molecule has 0 fully saturated rings. The highest BCUT2D eigenvalue weighted by Crippen LogP contribution is 2.30. The van der Waals surface area contributed by atoms with Crippen molar-refractivity contribution in [2.24, 2.45) is 0 Å². The second-order valence-electron chi connectivity index (χ2n) is 3.91. The average Bonchev–Trinajstić information content (AvgIpc) is 2.31. The zero-order chi connectivity index (χ0) is 13.1. The lowest BCUT2D eigenvalue weighted by molar-refractivity contribution is -0.136. The first-order chi connectivity index (χ1) is 8.61. The van der Waals surface area contributed by atoms with Crippen LogP contribution in [-0.4, -0.2) is 17.7 Å². The number of carbonyl (C=O) groups is 1. The summed E-state index contributed by atoms with van der Waals surface area (Å²) in [5, 5.41) is 10.9. The molecule has 0 unspecified atom stereocenters. The topological polar surface area (TPSA) is 46.5 Å². The van der Waals surface area contributed by atoms with E-state index >= 15 is 0 Å². The Morgan fingerprint density at radius 3 is 2.78 bits per heavy atom. The maximum absolute atomic E-state index is 11.0. The third kappa shape index (κ3) is 2.64. The van der Waals surface area contributed by atoms with Gasteiger partial charge in [0.25, 0.3) is 0 Å². The molecule has 4 heteroatoms. The zero-order valence-electron chi connectivity index (χ0n) is 9.94. The van der Waals surface area contributed by atoms with E-state index in [2.05, 4.69) is 15.9 Å². The van der Waals surface area contributed by atoms with Crippen molar-refractivity contribution < 1.29 is 14.6 Å². The number of rotatable bonds is 4. The smallest absolute Gasteiger partial charge is 0.307 e. The highest BCUT2D eigenvalue weighted by molar-refractivity contribution is 9.10. The number of benzene rings is 2. The summed E-state index contributed by atoms with van der Waals surface area (Å²) in [6.07, 6.45) is -0.0334. The van der Waals surface area contributed by atoms with E-state index in [1.807, 2.05) is 37.3 Å². The molecule has 0 heterocycles. The van der Waals surface area contributed by atoms with Crippen LogP contribution in [0.25, 0.3) is 10.8 Å². The van der Waals surface area contributed by atoms with Gasteiger partial charge < -0.3 is 9.84 Å². The zero-order valence-corrected chi connectivity index (χ0v) is 11.5. The largest absolute Gasteiger partial charge is 0.494 e. The van der Waals surface area contributed by atoms with Crippen molar-refractivity contribution in [3.63, 3.8) is 0 Å². The number of halogens is 1. The Balaban J connectivity index is 2.63. The Morgan fingerprint density at radius 1 is 1.33 bits per heavy atom. The minimum absolute atomic E-state index is 0.0334. The maximum atomic E-state index is 11.0. The van der Waals surface area contributed by atoms with E-state index in [1.165, 1.54) is 0 Å². The van der Waals surface area contributed by atoms with Crippen LogP contribution < -0.4 is 4.74 Å². The molecular formula is C14H13BrO3. The highest BCUT2D eigenvalue weighted by Gasteiger charge is 2.12.